The van der Waals surface area contributed by atoms with Crippen LogP contribution in [0.25, 0.3) is 22.0 Å². The Balaban J connectivity index is 1.63. The number of benzene rings is 2. The van der Waals surface area contributed by atoms with E-state index in [0.717, 1.165) is 10.9 Å². The summed E-state index contributed by atoms with van der Waals surface area (Å²) in [5.74, 6) is 1.02. The number of ether oxygens (including phenoxy) is 2. The summed E-state index contributed by atoms with van der Waals surface area (Å²) in [5, 5.41) is 14.9. The maximum Gasteiger partial charge on any atom is 0.246 e. The molecular weight excluding hydrogens is 467 g/mol. The smallest absolute Gasteiger partial charge is 0.246 e. The van der Waals surface area contributed by atoms with Crippen LogP contribution in [0, 0.1) is 0 Å². The summed E-state index contributed by atoms with van der Waals surface area (Å²) >= 11 is 13.1. The SMILES string of the molecule is C=CC(=O)N1C[C@H](O)[C@H](Nc2ncc3cc(-c4c(Cl)c(OC)cc(OC)c4Cl)ccc3n2)C1. The Labute approximate surface area is 200 Å². The third-order valence-corrected chi connectivity index (χ3v) is 6.28. The summed E-state index contributed by atoms with van der Waals surface area (Å²) in [6.07, 6.45) is 2.17. The number of aromatic nitrogens is 2. The third kappa shape index (κ3) is 4.42. The lowest BCUT2D eigenvalue weighted by Crippen LogP contribution is -2.33. The number of anilines is 1. The number of amides is 1. The van der Waals surface area contributed by atoms with Gasteiger partial charge in [0.1, 0.15) is 11.5 Å². The molecule has 0 aliphatic carbocycles. The number of hydrogen-bond donors (Lipinski definition) is 2. The van der Waals surface area contributed by atoms with Crippen molar-refractivity contribution in [1.82, 2.24) is 14.9 Å². The molecule has 1 aliphatic heterocycles. The molecule has 1 amide bonds. The summed E-state index contributed by atoms with van der Waals surface area (Å²) in [4.78, 5) is 22.2. The van der Waals surface area contributed by atoms with Crippen molar-refractivity contribution in [3.63, 3.8) is 0 Å². The molecule has 1 fully saturated rings. The minimum atomic E-state index is -0.733. The predicted molar refractivity (Wildman–Crippen MR) is 128 cm³/mol. The number of rotatable bonds is 6. The van der Waals surface area contributed by atoms with E-state index >= 15 is 0 Å². The first-order valence-corrected chi connectivity index (χ1v) is 10.8. The molecule has 0 unspecified atom stereocenters. The number of nitrogens with one attached hydrogen (secondary N) is 1. The average Bonchev–Trinajstić information content (AvgIpc) is 3.18. The lowest BCUT2D eigenvalue weighted by Gasteiger charge is -2.16. The molecule has 0 saturated carbocycles. The van der Waals surface area contributed by atoms with Gasteiger partial charge in [0.05, 0.1) is 41.9 Å². The highest BCUT2D eigenvalue weighted by Gasteiger charge is 2.33. The monoisotopic (exact) mass is 488 g/mol. The molecule has 10 heteroatoms. The van der Waals surface area contributed by atoms with Crippen LogP contribution < -0.4 is 14.8 Å². The Morgan fingerprint density at radius 1 is 1.21 bits per heavy atom. The molecule has 2 heterocycles. The number of β-amino-alcohol motifs (C(OH)–C–C–N with tert-alkyl or cyclic N) is 1. The molecular formula is C23H22Cl2N4O4. The molecule has 1 aromatic heterocycles. The minimum Gasteiger partial charge on any atom is -0.495 e. The van der Waals surface area contributed by atoms with E-state index in [1.807, 2.05) is 18.2 Å². The molecule has 33 heavy (non-hydrogen) atoms. The van der Waals surface area contributed by atoms with Crippen molar-refractivity contribution in [3.05, 3.63) is 53.2 Å². The lowest BCUT2D eigenvalue weighted by atomic mass is 10.0. The zero-order valence-electron chi connectivity index (χ0n) is 18.0. The van der Waals surface area contributed by atoms with Gasteiger partial charge in [-0.2, -0.15) is 0 Å². The van der Waals surface area contributed by atoms with Crippen molar-refractivity contribution >= 4 is 46.0 Å². The van der Waals surface area contributed by atoms with E-state index in [1.165, 1.54) is 25.2 Å². The Morgan fingerprint density at radius 3 is 2.55 bits per heavy atom. The zero-order chi connectivity index (χ0) is 23.7. The lowest BCUT2D eigenvalue weighted by molar-refractivity contribution is -0.125. The number of hydrogen-bond acceptors (Lipinski definition) is 7. The molecule has 3 aromatic rings. The van der Waals surface area contributed by atoms with Crippen LogP contribution in [-0.2, 0) is 4.79 Å². The van der Waals surface area contributed by atoms with Crippen LogP contribution in [0.2, 0.25) is 10.0 Å². The number of nitrogens with zero attached hydrogens (tertiary/aromatic N) is 3. The summed E-state index contributed by atoms with van der Waals surface area (Å²) in [7, 11) is 3.05. The van der Waals surface area contributed by atoms with E-state index in [2.05, 4.69) is 21.9 Å². The van der Waals surface area contributed by atoms with Crippen LogP contribution >= 0.6 is 23.2 Å². The summed E-state index contributed by atoms with van der Waals surface area (Å²) < 4.78 is 10.7. The van der Waals surface area contributed by atoms with Gasteiger partial charge in [-0.15, -0.1) is 0 Å². The Bertz CT molecular complexity index is 1210. The van der Waals surface area contributed by atoms with Gasteiger partial charge in [0.2, 0.25) is 11.9 Å². The van der Waals surface area contributed by atoms with Gasteiger partial charge in [-0.05, 0) is 23.8 Å². The van der Waals surface area contributed by atoms with Gasteiger partial charge in [-0.1, -0.05) is 35.8 Å². The fourth-order valence-corrected chi connectivity index (χ4v) is 4.52. The highest BCUT2D eigenvalue weighted by atomic mass is 35.5. The average molecular weight is 489 g/mol. The van der Waals surface area contributed by atoms with Gasteiger partial charge < -0.3 is 24.8 Å². The summed E-state index contributed by atoms with van der Waals surface area (Å²) in [6, 6.07) is 6.80. The fraction of sp³-hybridized carbons (Fsp3) is 0.261. The van der Waals surface area contributed by atoms with Crippen molar-refractivity contribution in [2.75, 3.05) is 32.6 Å². The zero-order valence-corrected chi connectivity index (χ0v) is 19.5. The second-order valence-electron chi connectivity index (χ2n) is 7.52. The number of aliphatic hydroxyl groups is 1. The quantitative estimate of drug-likeness (QED) is 0.509. The fourth-order valence-electron chi connectivity index (χ4n) is 3.80. The van der Waals surface area contributed by atoms with Crippen LogP contribution in [0.5, 0.6) is 11.5 Å². The highest BCUT2D eigenvalue weighted by Crippen LogP contribution is 2.46. The first-order chi connectivity index (χ1) is 15.9. The second-order valence-corrected chi connectivity index (χ2v) is 8.27. The molecule has 2 aromatic carbocycles. The second kappa shape index (κ2) is 9.43. The van der Waals surface area contributed by atoms with Crippen LogP contribution in [0.1, 0.15) is 0 Å². The van der Waals surface area contributed by atoms with E-state index in [0.29, 0.717) is 45.1 Å². The minimum absolute atomic E-state index is 0.225. The Hall–Kier alpha value is -3.07. The third-order valence-electron chi connectivity index (χ3n) is 5.53. The van der Waals surface area contributed by atoms with Crippen LogP contribution in [-0.4, -0.2) is 65.3 Å². The molecule has 4 rings (SSSR count). The topological polar surface area (TPSA) is 96.8 Å². The van der Waals surface area contributed by atoms with Gasteiger partial charge in [-0.25, -0.2) is 9.97 Å². The van der Waals surface area contributed by atoms with E-state index in [-0.39, 0.29) is 18.5 Å². The summed E-state index contributed by atoms with van der Waals surface area (Å²) in [5.41, 5.74) is 2.02. The molecule has 0 bridgehead atoms. The standard InChI is InChI=1S/C23H22Cl2N4O4/c1-4-19(31)29-10-15(16(30)11-29)28-23-26-9-13-7-12(5-6-14(13)27-23)20-21(24)17(32-2)8-18(33-3)22(20)25/h4-9,15-16,30H,1,10-11H2,2-3H3,(H,26,27,28)/t15-,16+/m1/s1. The number of carbonyl (C=O) groups is 1. The van der Waals surface area contributed by atoms with Crippen molar-refractivity contribution in [3.8, 4) is 22.6 Å². The number of likely N-dealkylation sites (tertiary alicyclic amines) is 1. The molecule has 8 nitrogen and oxygen atoms in total. The van der Waals surface area contributed by atoms with Gasteiger partial charge in [0.15, 0.2) is 0 Å². The van der Waals surface area contributed by atoms with Crippen LogP contribution in [0.3, 0.4) is 0 Å². The Kier molecular flexibility index (Phi) is 6.60. The number of methoxy groups -OCH3 is 2. The number of fused-ring (bicyclic) bond motifs is 1. The normalized spacial score (nSPS) is 17.8. The van der Waals surface area contributed by atoms with E-state index in [1.54, 1.807) is 12.3 Å². The molecule has 1 aliphatic rings. The van der Waals surface area contributed by atoms with E-state index < -0.39 is 6.10 Å². The van der Waals surface area contributed by atoms with Gasteiger partial charge >= 0.3 is 0 Å². The van der Waals surface area contributed by atoms with Gasteiger partial charge in [-0.3, -0.25) is 4.79 Å². The summed E-state index contributed by atoms with van der Waals surface area (Å²) in [6.45, 7) is 4.05. The van der Waals surface area contributed by atoms with Crippen molar-refractivity contribution in [1.29, 1.82) is 0 Å². The van der Waals surface area contributed by atoms with E-state index in [4.69, 9.17) is 32.7 Å². The first kappa shape index (κ1) is 23.1. The molecule has 0 radical (unpaired) electrons. The largest absolute Gasteiger partial charge is 0.495 e. The van der Waals surface area contributed by atoms with Crippen molar-refractivity contribution in [2.45, 2.75) is 12.1 Å². The maximum absolute atomic E-state index is 11.8. The number of carbonyl (C=O) groups excluding carboxylic acids is 1. The van der Waals surface area contributed by atoms with Gasteiger partial charge in [0, 0.05) is 36.3 Å². The Morgan fingerprint density at radius 2 is 1.91 bits per heavy atom. The molecule has 2 atom stereocenters. The molecule has 172 valence electrons. The molecule has 1 saturated heterocycles. The predicted octanol–water partition coefficient (Wildman–Crippen LogP) is 3.79. The van der Waals surface area contributed by atoms with Crippen molar-refractivity contribution < 1.29 is 19.4 Å². The highest BCUT2D eigenvalue weighted by molar-refractivity contribution is 6.41. The maximum atomic E-state index is 11.8. The van der Waals surface area contributed by atoms with Crippen LogP contribution in [0.4, 0.5) is 5.95 Å². The van der Waals surface area contributed by atoms with Gasteiger partial charge in [0.25, 0.3) is 0 Å². The van der Waals surface area contributed by atoms with Crippen molar-refractivity contribution in [2.24, 2.45) is 0 Å². The van der Waals surface area contributed by atoms with E-state index in [9.17, 15) is 9.90 Å². The first-order valence-electron chi connectivity index (χ1n) is 10.1. The molecule has 0 spiro atoms. The number of halogens is 2. The van der Waals surface area contributed by atoms with Crippen LogP contribution in [0.15, 0.2) is 43.1 Å². The number of aliphatic hydroxyl groups excluding tert-OH is 1. The molecule has 2 N–H and O–H groups in total.